The van der Waals surface area contributed by atoms with Crippen molar-refractivity contribution in [2.45, 2.75) is 0 Å². The van der Waals surface area contributed by atoms with Gasteiger partial charge in [0.2, 0.25) is 0 Å². The van der Waals surface area contributed by atoms with E-state index in [0.29, 0.717) is 50.8 Å². The predicted octanol–water partition coefficient (Wildman–Crippen LogP) is 13.9. The Morgan fingerprint density at radius 3 is 1.98 bits per heavy atom. The second kappa shape index (κ2) is 16.4. The van der Waals surface area contributed by atoms with Crippen LogP contribution in [-0.2, 0) is 21.1 Å². The Morgan fingerprint density at radius 2 is 1.26 bits per heavy atom. The van der Waals surface area contributed by atoms with Crippen LogP contribution in [0.15, 0.2) is 200 Å². The maximum atomic E-state index is 10.3. The van der Waals surface area contributed by atoms with Gasteiger partial charge in [0.1, 0.15) is 5.82 Å². The molecule has 62 heavy (non-hydrogen) atoms. The number of rotatable bonds is 8. The molecule has 11 rings (SSSR count). The molecule has 7 heteroatoms. The van der Waals surface area contributed by atoms with Crippen molar-refractivity contribution in [3.05, 3.63) is 224 Å². The summed E-state index contributed by atoms with van der Waals surface area (Å²) < 4.78 is 96.0. The molecule has 0 radical (unpaired) electrons. The number of fused-ring (bicyclic) bond motifs is 4. The smallest absolute Gasteiger partial charge is 0.135 e. The SMILES string of the molecule is [2H]c1c([2H])c([2H])c(-c2cccc(-c3c([2H])c([2H])c([2H])c([2H])c3[2H])c2N2[CH-]N(c3[c-]c(Oc4[c-]c5c(cc4-c4ccccc4C#N)c4ccccc4n5-c4ccccn4)ccc3)c3ccccc32)c([2H])c1[2H].[Pt]. The van der Waals surface area contributed by atoms with Gasteiger partial charge in [-0.3, -0.25) is 0 Å². The standard InChI is InChI=1S/C55H34N5O.Pt/c56-36-40-21-7-8-24-43(40)48-34-47-46-25-9-10-28-49(46)60(54-31-13-14-32-57-54)52(47)35-53(48)61-42-23-15-22-41(33-42)58-37-59(51-30-12-11-29-50(51)58)55-44(38-17-3-1-4-18-38)26-16-27-45(55)39-19-5-2-6-20-39;/h1-32,34,37H;/q-3;/i1D,2D,3D,4D,5D,6D,17D,18D,19D,20D;. The molecule has 8 aromatic carbocycles. The minimum absolute atomic E-state index is 0. The summed E-state index contributed by atoms with van der Waals surface area (Å²) in [5.41, 5.74) is 5.17. The van der Waals surface area contributed by atoms with E-state index in [1.54, 1.807) is 66.3 Å². The Morgan fingerprint density at radius 1 is 0.613 bits per heavy atom. The first-order chi connectivity index (χ1) is 34.4. The summed E-state index contributed by atoms with van der Waals surface area (Å²) in [5.74, 6) is 1.28. The van der Waals surface area contributed by atoms with Gasteiger partial charge in [-0.25, -0.2) is 4.98 Å². The van der Waals surface area contributed by atoms with Crippen molar-refractivity contribution in [1.82, 2.24) is 9.55 Å². The topological polar surface area (TPSA) is 57.3 Å². The quantitative estimate of drug-likeness (QED) is 0.142. The van der Waals surface area contributed by atoms with Crippen LogP contribution in [0.4, 0.5) is 22.7 Å². The average Bonchev–Trinajstić information content (AvgIpc) is 3.94. The predicted molar refractivity (Wildman–Crippen MR) is 245 cm³/mol. The van der Waals surface area contributed by atoms with Crippen molar-refractivity contribution in [2.24, 2.45) is 0 Å². The van der Waals surface area contributed by atoms with Gasteiger partial charge < -0.3 is 19.1 Å². The van der Waals surface area contributed by atoms with Gasteiger partial charge in [0.15, 0.2) is 0 Å². The molecule has 1 aliphatic rings. The Bertz CT molecular complexity index is 3750. The molecule has 6 nitrogen and oxygen atoms in total. The monoisotopic (exact) mass is 985 g/mol. The fourth-order valence-electron chi connectivity index (χ4n) is 7.94. The largest absolute Gasteiger partial charge is 0.509 e. The van der Waals surface area contributed by atoms with E-state index in [9.17, 15) is 5.26 Å². The van der Waals surface area contributed by atoms with Gasteiger partial charge >= 0.3 is 0 Å². The Kier molecular flexibility index (Phi) is 7.59. The zero-order valence-electron chi connectivity index (χ0n) is 42.3. The molecule has 10 aromatic rings. The van der Waals surface area contributed by atoms with E-state index in [0.717, 1.165) is 16.3 Å². The second-order valence-corrected chi connectivity index (χ2v) is 14.0. The van der Waals surface area contributed by atoms with E-state index in [1.807, 2.05) is 94.4 Å². The Hall–Kier alpha value is -7.71. The van der Waals surface area contributed by atoms with Crippen LogP contribution in [0, 0.1) is 30.1 Å². The third-order valence-corrected chi connectivity index (χ3v) is 10.6. The molecule has 0 fully saturated rings. The molecule has 2 aromatic heterocycles. The van der Waals surface area contributed by atoms with Crippen molar-refractivity contribution in [3.8, 4) is 56.8 Å². The fraction of sp³-hybridized carbons (Fsp3) is 0. The summed E-state index contributed by atoms with van der Waals surface area (Å²) in [6, 6.07) is 44.4. The van der Waals surface area contributed by atoms with Gasteiger partial charge in [-0.15, -0.1) is 42.0 Å². The molecule has 0 amide bonds. The minimum atomic E-state index is -0.580. The summed E-state index contributed by atoms with van der Waals surface area (Å²) in [5, 5.41) is 12.1. The number of ether oxygens (including phenoxy) is 1. The average molecular weight is 986 g/mol. The van der Waals surface area contributed by atoms with E-state index in [4.69, 9.17) is 18.4 Å². The van der Waals surface area contributed by atoms with Crippen molar-refractivity contribution in [1.29, 1.82) is 5.26 Å². The molecular weight excluding hydrogens is 942 g/mol. The molecular formula is C55H34N5OPt-3. The van der Waals surface area contributed by atoms with Crippen LogP contribution >= 0.6 is 0 Å². The number of anilines is 4. The molecule has 298 valence electrons. The van der Waals surface area contributed by atoms with Crippen LogP contribution < -0.4 is 14.5 Å². The summed E-state index contributed by atoms with van der Waals surface area (Å²) in [6.07, 6.45) is 1.73. The van der Waals surface area contributed by atoms with Crippen LogP contribution in [0.3, 0.4) is 0 Å². The van der Waals surface area contributed by atoms with E-state index in [1.165, 1.54) is 0 Å². The Labute approximate surface area is 388 Å². The number of aromatic nitrogens is 2. The molecule has 3 heterocycles. The van der Waals surface area contributed by atoms with Gasteiger partial charge in [0.05, 0.1) is 19.8 Å². The van der Waals surface area contributed by atoms with Gasteiger partial charge in [-0.05, 0) is 52.9 Å². The summed E-state index contributed by atoms with van der Waals surface area (Å²) in [4.78, 5) is 8.23. The van der Waals surface area contributed by atoms with Crippen LogP contribution in [0.2, 0.25) is 0 Å². The molecule has 0 N–H and O–H groups in total. The van der Waals surface area contributed by atoms with Gasteiger partial charge in [-0.1, -0.05) is 150 Å². The molecule has 0 aliphatic carbocycles. The van der Waals surface area contributed by atoms with Crippen molar-refractivity contribution < 1.29 is 39.5 Å². The molecule has 0 spiro atoms. The van der Waals surface area contributed by atoms with Gasteiger partial charge in [0, 0.05) is 78.0 Å². The number of hydrogen-bond donors (Lipinski definition) is 0. The van der Waals surface area contributed by atoms with E-state index in [-0.39, 0.29) is 54.8 Å². The maximum absolute atomic E-state index is 10.3. The summed E-state index contributed by atoms with van der Waals surface area (Å²) in [6.45, 7) is 1.71. The van der Waals surface area contributed by atoms with E-state index < -0.39 is 60.4 Å². The second-order valence-electron chi connectivity index (χ2n) is 14.0. The van der Waals surface area contributed by atoms with Crippen LogP contribution in [-0.4, -0.2) is 9.55 Å². The first-order valence-corrected chi connectivity index (χ1v) is 19.3. The zero-order valence-corrected chi connectivity index (χ0v) is 34.6. The van der Waals surface area contributed by atoms with Gasteiger partial charge in [-0.2, -0.15) is 17.4 Å². The van der Waals surface area contributed by atoms with Crippen LogP contribution in [0.1, 0.15) is 19.3 Å². The zero-order chi connectivity index (χ0) is 49.4. The maximum Gasteiger partial charge on any atom is 0.135 e. The van der Waals surface area contributed by atoms with Gasteiger partial charge in [0.25, 0.3) is 0 Å². The summed E-state index contributed by atoms with van der Waals surface area (Å²) >= 11 is 0. The molecule has 0 unspecified atom stereocenters. The molecule has 0 atom stereocenters. The molecule has 0 saturated heterocycles. The van der Waals surface area contributed by atoms with E-state index in [2.05, 4.69) is 23.2 Å². The van der Waals surface area contributed by atoms with E-state index >= 15 is 0 Å². The van der Waals surface area contributed by atoms with Crippen LogP contribution in [0.25, 0.3) is 61.0 Å². The number of pyridine rings is 1. The Balaban J connectivity index is 0.00000596. The molecule has 0 saturated carbocycles. The number of hydrogen-bond acceptors (Lipinski definition) is 5. The third kappa shape index (κ3) is 6.70. The third-order valence-electron chi connectivity index (χ3n) is 10.6. The van der Waals surface area contributed by atoms with Crippen molar-refractivity contribution in [3.63, 3.8) is 0 Å². The first-order valence-electron chi connectivity index (χ1n) is 24.3. The first kappa shape index (κ1) is 28.7. The number of nitrogens with zero attached hydrogens (tertiary/aromatic N) is 5. The number of nitriles is 1. The normalized spacial score (nSPS) is 14.2. The number of para-hydroxylation sites is 4. The minimum Gasteiger partial charge on any atom is -0.509 e. The molecule has 0 bridgehead atoms. The van der Waals surface area contributed by atoms with Crippen LogP contribution in [0.5, 0.6) is 11.5 Å². The molecule has 1 aliphatic heterocycles. The fourth-order valence-corrected chi connectivity index (χ4v) is 7.94. The van der Waals surface area contributed by atoms with Crippen molar-refractivity contribution >= 4 is 44.6 Å². The summed E-state index contributed by atoms with van der Waals surface area (Å²) in [7, 11) is 0. The number of benzene rings is 8. The van der Waals surface area contributed by atoms with Crippen molar-refractivity contribution in [2.75, 3.05) is 9.80 Å².